The molecule has 4 heteroatoms. The Morgan fingerprint density at radius 1 is 1.21 bits per heavy atom. The summed E-state index contributed by atoms with van der Waals surface area (Å²) >= 11 is 0. The molecule has 0 aliphatic carbocycles. The number of carbonyl (C=O) groups excluding carboxylic acids is 1. The van der Waals surface area contributed by atoms with Crippen molar-refractivity contribution in [2.45, 2.75) is 13.5 Å². The smallest absolute Gasteiger partial charge is 0.221 e. The minimum absolute atomic E-state index is 0.133. The minimum atomic E-state index is -0.133. The summed E-state index contributed by atoms with van der Waals surface area (Å²) in [5.41, 5.74) is 7.24. The highest BCUT2D eigenvalue weighted by molar-refractivity contribution is 5.90. The second-order valence-corrected chi connectivity index (χ2v) is 4.13. The van der Waals surface area contributed by atoms with Crippen molar-refractivity contribution in [2.24, 2.45) is 5.73 Å². The van der Waals surface area contributed by atoms with E-state index in [-0.39, 0.29) is 5.91 Å². The summed E-state index contributed by atoms with van der Waals surface area (Å²) in [6.07, 6.45) is 0. The summed E-state index contributed by atoms with van der Waals surface area (Å²) in [5.74, 6) is 1.17. The summed E-state index contributed by atoms with van der Waals surface area (Å²) in [6, 6.07) is 14.9. The Bertz CT molecular complexity index is 582. The number of benzene rings is 2. The van der Waals surface area contributed by atoms with E-state index in [2.05, 4.69) is 5.32 Å². The molecular formula is C15H16N2O2. The van der Waals surface area contributed by atoms with Crippen LogP contribution >= 0.6 is 0 Å². The predicted octanol–water partition coefficient (Wildman–Crippen LogP) is 2.90. The van der Waals surface area contributed by atoms with Gasteiger partial charge in [-0.1, -0.05) is 24.3 Å². The lowest BCUT2D eigenvalue weighted by Gasteiger charge is -2.11. The molecule has 98 valence electrons. The molecule has 0 aliphatic rings. The van der Waals surface area contributed by atoms with E-state index in [0.717, 1.165) is 5.56 Å². The molecule has 2 aromatic carbocycles. The van der Waals surface area contributed by atoms with Crippen LogP contribution in [0.1, 0.15) is 12.5 Å². The zero-order valence-corrected chi connectivity index (χ0v) is 10.7. The van der Waals surface area contributed by atoms with Crippen molar-refractivity contribution in [1.82, 2.24) is 0 Å². The van der Waals surface area contributed by atoms with Gasteiger partial charge in [0.15, 0.2) is 5.75 Å². The zero-order valence-electron chi connectivity index (χ0n) is 10.7. The summed E-state index contributed by atoms with van der Waals surface area (Å²) in [4.78, 5) is 11.1. The number of anilines is 1. The third-order valence-electron chi connectivity index (χ3n) is 2.56. The fourth-order valence-corrected chi connectivity index (χ4v) is 1.71. The lowest BCUT2D eigenvalue weighted by atomic mass is 10.2. The van der Waals surface area contributed by atoms with E-state index in [1.54, 1.807) is 12.1 Å². The van der Waals surface area contributed by atoms with Gasteiger partial charge in [-0.25, -0.2) is 0 Å². The molecule has 0 radical (unpaired) electrons. The van der Waals surface area contributed by atoms with Gasteiger partial charge in [0, 0.05) is 13.5 Å². The SMILES string of the molecule is CC(=O)Nc1ccccc1Oc1cccc(CN)c1. The summed E-state index contributed by atoms with van der Waals surface area (Å²) in [5, 5.41) is 2.73. The number of rotatable bonds is 4. The molecule has 0 atom stereocenters. The third-order valence-corrected chi connectivity index (χ3v) is 2.56. The van der Waals surface area contributed by atoms with Crippen molar-refractivity contribution in [3.63, 3.8) is 0 Å². The van der Waals surface area contributed by atoms with Gasteiger partial charge in [0.25, 0.3) is 0 Å². The highest BCUT2D eigenvalue weighted by Crippen LogP contribution is 2.29. The largest absolute Gasteiger partial charge is 0.455 e. The average Bonchev–Trinajstić information content (AvgIpc) is 2.41. The van der Waals surface area contributed by atoms with Crippen molar-refractivity contribution in [1.29, 1.82) is 0 Å². The van der Waals surface area contributed by atoms with E-state index in [4.69, 9.17) is 10.5 Å². The highest BCUT2D eigenvalue weighted by Gasteiger charge is 2.05. The van der Waals surface area contributed by atoms with Crippen molar-refractivity contribution in [2.75, 3.05) is 5.32 Å². The molecule has 0 unspecified atom stereocenters. The van der Waals surface area contributed by atoms with E-state index in [1.165, 1.54) is 6.92 Å². The molecule has 3 N–H and O–H groups in total. The molecule has 0 fully saturated rings. The molecule has 2 aromatic rings. The number of nitrogens with two attached hydrogens (primary N) is 1. The van der Waals surface area contributed by atoms with E-state index >= 15 is 0 Å². The normalized spacial score (nSPS) is 10.0. The maximum atomic E-state index is 11.1. The van der Waals surface area contributed by atoms with Crippen LogP contribution < -0.4 is 15.8 Å². The molecule has 4 nitrogen and oxygen atoms in total. The Morgan fingerprint density at radius 3 is 2.74 bits per heavy atom. The van der Waals surface area contributed by atoms with Crippen LogP contribution in [0.4, 0.5) is 5.69 Å². The lowest BCUT2D eigenvalue weighted by molar-refractivity contribution is -0.114. The lowest BCUT2D eigenvalue weighted by Crippen LogP contribution is -2.06. The molecule has 0 aliphatic heterocycles. The van der Waals surface area contributed by atoms with Crippen LogP contribution in [-0.4, -0.2) is 5.91 Å². The quantitative estimate of drug-likeness (QED) is 0.884. The number of nitrogens with one attached hydrogen (secondary N) is 1. The summed E-state index contributed by atoms with van der Waals surface area (Å²) < 4.78 is 5.78. The first-order chi connectivity index (χ1) is 9.19. The number of ether oxygens (including phenoxy) is 1. The molecule has 19 heavy (non-hydrogen) atoms. The zero-order chi connectivity index (χ0) is 13.7. The summed E-state index contributed by atoms with van der Waals surface area (Å²) in [6.45, 7) is 1.93. The number of para-hydroxylation sites is 2. The van der Waals surface area contributed by atoms with E-state index < -0.39 is 0 Å². The van der Waals surface area contributed by atoms with E-state index in [0.29, 0.717) is 23.7 Å². The molecule has 0 saturated heterocycles. The average molecular weight is 256 g/mol. The Morgan fingerprint density at radius 2 is 2.00 bits per heavy atom. The Labute approximate surface area is 112 Å². The summed E-state index contributed by atoms with van der Waals surface area (Å²) in [7, 11) is 0. The number of hydrogen-bond acceptors (Lipinski definition) is 3. The fraction of sp³-hybridized carbons (Fsp3) is 0.133. The van der Waals surface area contributed by atoms with Gasteiger partial charge >= 0.3 is 0 Å². The molecule has 0 spiro atoms. The van der Waals surface area contributed by atoms with E-state index in [1.807, 2.05) is 36.4 Å². The number of carbonyl (C=O) groups is 1. The van der Waals surface area contributed by atoms with E-state index in [9.17, 15) is 4.79 Å². The maximum absolute atomic E-state index is 11.1. The van der Waals surface area contributed by atoms with Crippen LogP contribution in [0.25, 0.3) is 0 Å². The van der Waals surface area contributed by atoms with Gasteiger partial charge in [-0.2, -0.15) is 0 Å². The standard InChI is InChI=1S/C15H16N2O2/c1-11(18)17-14-7-2-3-8-15(14)19-13-6-4-5-12(9-13)10-16/h2-9H,10,16H2,1H3,(H,17,18). The van der Waals surface area contributed by atoms with Crippen LogP contribution in [0.2, 0.25) is 0 Å². The maximum Gasteiger partial charge on any atom is 0.221 e. The van der Waals surface area contributed by atoms with Crippen LogP contribution in [0.5, 0.6) is 11.5 Å². The minimum Gasteiger partial charge on any atom is -0.455 e. The molecule has 2 rings (SSSR count). The van der Waals surface area contributed by atoms with Crippen LogP contribution in [0.15, 0.2) is 48.5 Å². The van der Waals surface area contributed by atoms with Crippen LogP contribution in [-0.2, 0) is 11.3 Å². The molecule has 0 saturated carbocycles. The topological polar surface area (TPSA) is 64.3 Å². The molecule has 0 heterocycles. The second-order valence-electron chi connectivity index (χ2n) is 4.13. The first-order valence-electron chi connectivity index (χ1n) is 6.02. The predicted molar refractivity (Wildman–Crippen MR) is 75.2 cm³/mol. The van der Waals surface area contributed by atoms with Crippen LogP contribution in [0, 0.1) is 0 Å². The van der Waals surface area contributed by atoms with Gasteiger partial charge in [0.2, 0.25) is 5.91 Å². The highest BCUT2D eigenvalue weighted by atomic mass is 16.5. The van der Waals surface area contributed by atoms with Crippen molar-refractivity contribution in [3.8, 4) is 11.5 Å². The van der Waals surface area contributed by atoms with Crippen LogP contribution in [0.3, 0.4) is 0 Å². The van der Waals surface area contributed by atoms with Gasteiger partial charge < -0.3 is 15.8 Å². The van der Waals surface area contributed by atoms with Crippen molar-refractivity contribution >= 4 is 11.6 Å². The van der Waals surface area contributed by atoms with Gasteiger partial charge in [-0.15, -0.1) is 0 Å². The van der Waals surface area contributed by atoms with Gasteiger partial charge in [-0.3, -0.25) is 4.79 Å². The number of amides is 1. The second kappa shape index (κ2) is 6.02. The Hall–Kier alpha value is -2.33. The molecule has 1 amide bonds. The number of hydrogen-bond donors (Lipinski definition) is 2. The molecular weight excluding hydrogens is 240 g/mol. The third kappa shape index (κ3) is 3.56. The Balaban J connectivity index is 2.24. The fourth-order valence-electron chi connectivity index (χ4n) is 1.71. The van der Waals surface area contributed by atoms with Gasteiger partial charge in [-0.05, 0) is 29.8 Å². The van der Waals surface area contributed by atoms with Gasteiger partial charge in [0.1, 0.15) is 5.75 Å². The first kappa shape index (κ1) is 13.1. The monoisotopic (exact) mass is 256 g/mol. The first-order valence-corrected chi connectivity index (χ1v) is 6.02. The van der Waals surface area contributed by atoms with Crippen molar-refractivity contribution in [3.05, 3.63) is 54.1 Å². The van der Waals surface area contributed by atoms with Crippen molar-refractivity contribution < 1.29 is 9.53 Å². The molecule has 0 aromatic heterocycles. The molecule has 0 bridgehead atoms. The van der Waals surface area contributed by atoms with Gasteiger partial charge in [0.05, 0.1) is 5.69 Å². The Kier molecular flexibility index (Phi) is 4.15.